The molecule has 2 rings (SSSR count). The van der Waals surface area contributed by atoms with E-state index in [1.165, 1.54) is 0 Å². The van der Waals surface area contributed by atoms with Crippen molar-refractivity contribution in [1.82, 2.24) is 5.32 Å². The van der Waals surface area contributed by atoms with Crippen LogP contribution in [0.5, 0.6) is 0 Å². The van der Waals surface area contributed by atoms with Crippen LogP contribution in [0.1, 0.15) is 15.2 Å². The summed E-state index contributed by atoms with van der Waals surface area (Å²) in [6.45, 7) is 1.36. The lowest BCUT2D eigenvalue weighted by atomic mass is 10.1. The summed E-state index contributed by atoms with van der Waals surface area (Å²) in [5.41, 5.74) is 1.15. The smallest absolute Gasteiger partial charge is 0.186 e. The Labute approximate surface area is 62.9 Å². The number of rotatable bonds is 0. The second-order valence-electron chi connectivity index (χ2n) is 2.30. The molecule has 1 aliphatic rings. The summed E-state index contributed by atoms with van der Waals surface area (Å²) in [6.07, 6.45) is 0. The van der Waals surface area contributed by atoms with Crippen molar-refractivity contribution in [2.45, 2.75) is 6.54 Å². The largest absolute Gasteiger partial charge is 0.306 e. The van der Waals surface area contributed by atoms with Gasteiger partial charge in [-0.25, -0.2) is 0 Å². The lowest BCUT2D eigenvalue weighted by Crippen LogP contribution is -2.28. The monoisotopic (exact) mass is 153 g/mol. The Morgan fingerprint density at radius 1 is 1.50 bits per heavy atom. The van der Waals surface area contributed by atoms with Crippen molar-refractivity contribution in [3.63, 3.8) is 0 Å². The number of nitrogens with one attached hydrogen (secondary N) is 1. The van der Waals surface area contributed by atoms with Gasteiger partial charge in [0.15, 0.2) is 5.78 Å². The molecule has 0 bridgehead atoms. The Bertz CT molecular complexity index is 266. The van der Waals surface area contributed by atoms with Crippen molar-refractivity contribution in [2.24, 2.45) is 0 Å². The van der Waals surface area contributed by atoms with E-state index in [1.54, 1.807) is 11.3 Å². The van der Waals surface area contributed by atoms with E-state index in [0.717, 1.165) is 17.0 Å². The van der Waals surface area contributed by atoms with Gasteiger partial charge in [0.05, 0.1) is 11.4 Å². The summed E-state index contributed by atoms with van der Waals surface area (Å²) < 4.78 is 0. The number of fused-ring (bicyclic) bond motifs is 1. The van der Waals surface area contributed by atoms with Gasteiger partial charge < -0.3 is 5.32 Å². The molecule has 1 N–H and O–H groups in total. The molecule has 1 aliphatic heterocycles. The lowest BCUT2D eigenvalue weighted by Gasteiger charge is -2.09. The molecule has 10 heavy (non-hydrogen) atoms. The third kappa shape index (κ3) is 0.786. The van der Waals surface area contributed by atoms with Crippen molar-refractivity contribution >= 4 is 17.1 Å². The maximum absolute atomic E-state index is 11.1. The van der Waals surface area contributed by atoms with Crippen LogP contribution in [0.15, 0.2) is 11.4 Å². The quantitative estimate of drug-likeness (QED) is 0.603. The van der Waals surface area contributed by atoms with Crippen LogP contribution >= 0.6 is 11.3 Å². The third-order valence-electron chi connectivity index (χ3n) is 1.60. The number of hydrogen-bond acceptors (Lipinski definition) is 3. The Balaban J connectivity index is 2.50. The summed E-state index contributed by atoms with van der Waals surface area (Å²) in [6, 6.07) is 2.00. The standard InChI is InChI=1S/C7H7NOS/c9-6-4-8-3-5-1-2-10-7(5)6/h1-2,8H,3-4H2. The number of carbonyl (C=O) groups excluding carboxylic acids is 1. The van der Waals surface area contributed by atoms with Crippen molar-refractivity contribution in [2.75, 3.05) is 6.54 Å². The van der Waals surface area contributed by atoms with Gasteiger partial charge in [-0.1, -0.05) is 0 Å². The highest BCUT2D eigenvalue weighted by atomic mass is 32.1. The topological polar surface area (TPSA) is 29.1 Å². The van der Waals surface area contributed by atoms with Crippen LogP contribution in [0.25, 0.3) is 0 Å². The van der Waals surface area contributed by atoms with E-state index in [2.05, 4.69) is 5.32 Å². The van der Waals surface area contributed by atoms with Crippen LogP contribution in [-0.4, -0.2) is 12.3 Å². The average molecular weight is 153 g/mol. The second-order valence-corrected chi connectivity index (χ2v) is 3.22. The fourth-order valence-corrected chi connectivity index (χ4v) is 1.97. The van der Waals surface area contributed by atoms with Gasteiger partial charge in [-0.2, -0.15) is 0 Å². The molecule has 0 fully saturated rings. The average Bonchev–Trinajstić information content (AvgIpc) is 2.36. The highest BCUT2D eigenvalue weighted by Crippen LogP contribution is 2.19. The molecule has 0 saturated carbocycles. The van der Waals surface area contributed by atoms with Gasteiger partial charge in [0.25, 0.3) is 0 Å². The van der Waals surface area contributed by atoms with Crippen LogP contribution < -0.4 is 5.32 Å². The zero-order valence-corrected chi connectivity index (χ0v) is 6.20. The maximum atomic E-state index is 11.1. The molecule has 2 nitrogen and oxygen atoms in total. The van der Waals surface area contributed by atoms with Gasteiger partial charge >= 0.3 is 0 Å². The molecule has 52 valence electrons. The highest BCUT2D eigenvalue weighted by molar-refractivity contribution is 7.12. The van der Waals surface area contributed by atoms with Gasteiger partial charge in [-0.3, -0.25) is 4.79 Å². The number of Topliss-reactive ketones (excluding diaryl/α,β-unsaturated/α-hetero) is 1. The van der Waals surface area contributed by atoms with Crippen molar-refractivity contribution in [3.05, 3.63) is 21.9 Å². The van der Waals surface area contributed by atoms with Gasteiger partial charge in [0.2, 0.25) is 0 Å². The summed E-state index contributed by atoms with van der Waals surface area (Å²) in [4.78, 5) is 12.0. The van der Waals surface area contributed by atoms with E-state index in [0.29, 0.717) is 6.54 Å². The summed E-state index contributed by atoms with van der Waals surface area (Å²) in [5, 5.41) is 5.00. The molecule has 0 spiro atoms. The summed E-state index contributed by atoms with van der Waals surface area (Å²) in [5.74, 6) is 0.233. The zero-order valence-electron chi connectivity index (χ0n) is 5.39. The first-order valence-corrected chi connectivity index (χ1v) is 4.06. The van der Waals surface area contributed by atoms with Crippen molar-refractivity contribution in [1.29, 1.82) is 0 Å². The van der Waals surface area contributed by atoms with Crippen molar-refractivity contribution in [3.8, 4) is 0 Å². The van der Waals surface area contributed by atoms with Gasteiger partial charge in [0.1, 0.15) is 0 Å². The normalized spacial score (nSPS) is 17.0. The Morgan fingerprint density at radius 3 is 3.20 bits per heavy atom. The molecule has 0 radical (unpaired) electrons. The van der Waals surface area contributed by atoms with E-state index in [1.807, 2.05) is 11.4 Å². The Hall–Kier alpha value is -0.670. The molecule has 3 heteroatoms. The SMILES string of the molecule is O=C1CNCc2ccsc21. The first-order chi connectivity index (χ1) is 4.88. The van der Waals surface area contributed by atoms with Gasteiger partial charge in [-0.05, 0) is 17.0 Å². The van der Waals surface area contributed by atoms with Crippen LogP contribution in [0.3, 0.4) is 0 Å². The number of carbonyl (C=O) groups is 1. The van der Waals surface area contributed by atoms with E-state index in [-0.39, 0.29) is 5.78 Å². The number of ketones is 1. The third-order valence-corrected chi connectivity index (χ3v) is 2.60. The Kier molecular flexibility index (Phi) is 1.32. The van der Waals surface area contributed by atoms with E-state index in [9.17, 15) is 4.79 Å². The lowest BCUT2D eigenvalue weighted by molar-refractivity contribution is 0.0986. The fraction of sp³-hybridized carbons (Fsp3) is 0.286. The van der Waals surface area contributed by atoms with Crippen LogP contribution in [0.4, 0.5) is 0 Å². The minimum atomic E-state index is 0.233. The Morgan fingerprint density at radius 2 is 2.40 bits per heavy atom. The summed E-state index contributed by atoms with van der Waals surface area (Å²) >= 11 is 1.54. The van der Waals surface area contributed by atoms with Gasteiger partial charge in [-0.15, -0.1) is 11.3 Å². The maximum Gasteiger partial charge on any atom is 0.186 e. The summed E-state index contributed by atoms with van der Waals surface area (Å²) in [7, 11) is 0. The zero-order chi connectivity index (χ0) is 6.97. The molecular formula is C7H7NOS. The van der Waals surface area contributed by atoms with E-state index in [4.69, 9.17) is 0 Å². The van der Waals surface area contributed by atoms with Crippen LogP contribution in [-0.2, 0) is 6.54 Å². The van der Waals surface area contributed by atoms with E-state index < -0.39 is 0 Å². The van der Waals surface area contributed by atoms with Crippen molar-refractivity contribution < 1.29 is 4.79 Å². The molecule has 1 aromatic heterocycles. The molecule has 0 atom stereocenters. The van der Waals surface area contributed by atoms with Crippen LogP contribution in [0.2, 0.25) is 0 Å². The number of hydrogen-bond donors (Lipinski definition) is 1. The second kappa shape index (κ2) is 2.18. The first kappa shape index (κ1) is 6.07. The molecule has 1 aromatic rings. The molecule has 0 unspecified atom stereocenters. The van der Waals surface area contributed by atoms with Gasteiger partial charge in [0, 0.05) is 6.54 Å². The minimum Gasteiger partial charge on any atom is -0.306 e. The molecular weight excluding hydrogens is 146 g/mol. The molecule has 0 amide bonds. The predicted octanol–water partition coefficient (Wildman–Crippen LogP) is 1.03. The minimum absolute atomic E-state index is 0.233. The van der Waals surface area contributed by atoms with E-state index >= 15 is 0 Å². The number of thiophene rings is 1. The molecule has 0 aromatic carbocycles. The highest BCUT2D eigenvalue weighted by Gasteiger charge is 2.16. The van der Waals surface area contributed by atoms with Crippen LogP contribution in [0, 0.1) is 0 Å². The molecule has 0 aliphatic carbocycles. The fourth-order valence-electron chi connectivity index (χ4n) is 1.11. The first-order valence-electron chi connectivity index (χ1n) is 3.18. The molecule has 0 saturated heterocycles. The molecule has 2 heterocycles. The predicted molar refractivity (Wildman–Crippen MR) is 40.4 cm³/mol.